The van der Waals surface area contributed by atoms with E-state index in [9.17, 15) is 23.4 Å². The van der Waals surface area contributed by atoms with Gasteiger partial charge in [0.15, 0.2) is 0 Å². The Morgan fingerprint density at radius 1 is 1.08 bits per heavy atom. The third-order valence-electron chi connectivity index (χ3n) is 4.94. The second-order valence-electron chi connectivity index (χ2n) is 6.72. The van der Waals surface area contributed by atoms with E-state index in [1.54, 1.807) is 26.0 Å². The van der Waals surface area contributed by atoms with Gasteiger partial charge in [-0.1, -0.05) is 0 Å². The van der Waals surface area contributed by atoms with Gasteiger partial charge in [-0.2, -0.15) is 18.4 Å². The molecule has 3 heterocycles. The summed E-state index contributed by atoms with van der Waals surface area (Å²) in [6, 6.07) is 4.48. The number of aromatic hydroxyl groups is 2. The van der Waals surface area contributed by atoms with Gasteiger partial charge in [-0.3, -0.25) is 4.57 Å². The van der Waals surface area contributed by atoms with Gasteiger partial charge in [0.05, 0.1) is 34.0 Å². The van der Waals surface area contributed by atoms with Crippen LogP contribution in [-0.4, -0.2) is 14.8 Å². The van der Waals surface area contributed by atoms with Gasteiger partial charge in [0, 0.05) is 0 Å². The van der Waals surface area contributed by atoms with Gasteiger partial charge in [0.1, 0.15) is 11.2 Å². The van der Waals surface area contributed by atoms with E-state index >= 15 is 0 Å². The van der Waals surface area contributed by atoms with Crippen LogP contribution in [0.2, 0.25) is 0 Å². The van der Waals surface area contributed by atoms with Crippen LogP contribution in [0, 0.1) is 11.3 Å². The quantitative estimate of drug-likeness (QED) is 0.756. The van der Waals surface area contributed by atoms with Crippen molar-refractivity contribution in [2.75, 3.05) is 0 Å². The Kier molecular flexibility index (Phi) is 2.94. The van der Waals surface area contributed by atoms with Crippen LogP contribution < -0.4 is 0 Å². The van der Waals surface area contributed by atoms with Crippen LogP contribution in [0.5, 0.6) is 11.8 Å². The van der Waals surface area contributed by atoms with Crippen molar-refractivity contribution in [3.05, 3.63) is 52.6 Å². The lowest BCUT2D eigenvalue weighted by molar-refractivity contribution is -0.137. The summed E-state index contributed by atoms with van der Waals surface area (Å²) in [6.45, 7) is 3.40. The molecular weight excluding hydrogens is 349 g/mol. The largest absolute Gasteiger partial charge is 0.494 e. The summed E-state index contributed by atoms with van der Waals surface area (Å²) in [6.07, 6.45) is -1.28. The highest BCUT2D eigenvalue weighted by Crippen LogP contribution is 2.60. The third-order valence-corrected chi connectivity index (χ3v) is 4.94. The fraction of sp³-hybridized carbons (Fsp3) is 0.278. The normalized spacial score (nSPS) is 26.2. The van der Waals surface area contributed by atoms with Gasteiger partial charge in [-0.15, -0.1) is 0 Å². The molecule has 0 amide bonds. The van der Waals surface area contributed by atoms with E-state index < -0.39 is 40.3 Å². The van der Waals surface area contributed by atoms with Crippen molar-refractivity contribution in [2.45, 2.75) is 31.2 Å². The number of benzene rings is 1. The maximum Gasteiger partial charge on any atom is 0.417 e. The van der Waals surface area contributed by atoms with Crippen LogP contribution >= 0.6 is 0 Å². The highest BCUT2D eigenvalue weighted by Gasteiger charge is 2.56. The van der Waals surface area contributed by atoms with Gasteiger partial charge in [0.25, 0.3) is 0 Å². The molecule has 2 atom stereocenters. The van der Waals surface area contributed by atoms with E-state index in [1.165, 1.54) is 12.1 Å². The second kappa shape index (κ2) is 4.62. The Hall–Kier alpha value is -2.92. The molecule has 0 spiro atoms. The summed E-state index contributed by atoms with van der Waals surface area (Å²) in [5.41, 5.74) is -3.10. The van der Waals surface area contributed by atoms with Crippen LogP contribution in [0.25, 0.3) is 5.69 Å². The number of halogens is 3. The smallest absolute Gasteiger partial charge is 0.417 e. The zero-order valence-electron chi connectivity index (χ0n) is 13.7. The zero-order valence-corrected chi connectivity index (χ0v) is 13.7. The molecule has 0 fully saturated rings. The SMILES string of the molecule is CC12C=CC(C)(O1)c1c2c(O)n(-c2ccc(C#N)c(C(F)(F)F)c2)c1O. The second-order valence-corrected chi connectivity index (χ2v) is 6.72. The van der Waals surface area contributed by atoms with E-state index in [-0.39, 0.29) is 5.69 Å². The monoisotopic (exact) mass is 362 g/mol. The number of rotatable bonds is 1. The van der Waals surface area contributed by atoms with Crippen molar-refractivity contribution in [3.63, 3.8) is 0 Å². The van der Waals surface area contributed by atoms with Crippen LogP contribution in [0.1, 0.15) is 36.1 Å². The van der Waals surface area contributed by atoms with E-state index in [1.807, 2.05) is 0 Å². The Labute approximate surface area is 146 Å². The first-order chi connectivity index (χ1) is 12.0. The number of alkyl halides is 3. The van der Waals surface area contributed by atoms with Crippen molar-refractivity contribution in [1.29, 1.82) is 5.26 Å². The van der Waals surface area contributed by atoms with E-state index in [4.69, 9.17) is 10.00 Å². The Morgan fingerprint density at radius 3 is 2.08 bits per heavy atom. The first-order valence-corrected chi connectivity index (χ1v) is 7.72. The first kappa shape index (κ1) is 16.5. The topological polar surface area (TPSA) is 78.4 Å². The molecule has 1 aromatic carbocycles. The van der Waals surface area contributed by atoms with Gasteiger partial charge in [-0.25, -0.2) is 0 Å². The Balaban J connectivity index is 1.97. The maximum atomic E-state index is 13.2. The number of nitrogens with zero attached hydrogens (tertiary/aromatic N) is 2. The fourth-order valence-electron chi connectivity index (χ4n) is 3.83. The summed E-state index contributed by atoms with van der Waals surface area (Å²) < 4.78 is 46.5. The average molecular weight is 362 g/mol. The van der Waals surface area contributed by atoms with E-state index in [0.29, 0.717) is 11.1 Å². The zero-order chi connectivity index (χ0) is 19.1. The maximum absolute atomic E-state index is 13.2. The standard InChI is InChI=1S/C18H13F3N2O3/c1-16-5-6-17(2,26-16)13-12(16)14(24)23(15(13)25)10-4-3-9(8-22)11(7-10)18(19,20)21/h3-7,24-25H,1-2H3. The van der Waals surface area contributed by atoms with Gasteiger partial charge in [-0.05, 0) is 44.2 Å². The average Bonchev–Trinajstić information content (AvgIpc) is 3.10. The number of aromatic nitrogens is 1. The molecule has 0 radical (unpaired) electrons. The van der Waals surface area contributed by atoms with Crippen molar-refractivity contribution in [2.24, 2.45) is 0 Å². The van der Waals surface area contributed by atoms with Gasteiger partial charge >= 0.3 is 6.18 Å². The predicted molar refractivity (Wildman–Crippen MR) is 83.7 cm³/mol. The Bertz CT molecular complexity index is 990. The predicted octanol–water partition coefficient (Wildman–Crippen LogP) is 3.81. The summed E-state index contributed by atoms with van der Waals surface area (Å²) in [5, 5.41) is 30.2. The lowest BCUT2D eigenvalue weighted by Gasteiger charge is -2.21. The summed E-state index contributed by atoms with van der Waals surface area (Å²) in [4.78, 5) is 0. The molecule has 2 N–H and O–H groups in total. The van der Waals surface area contributed by atoms with Crippen LogP contribution in [-0.2, 0) is 22.1 Å². The van der Waals surface area contributed by atoms with E-state index in [0.717, 1.165) is 16.7 Å². The fourth-order valence-corrected chi connectivity index (χ4v) is 3.83. The summed E-state index contributed by atoms with van der Waals surface area (Å²) in [7, 11) is 0. The number of nitriles is 1. The minimum absolute atomic E-state index is 0.104. The number of hydrogen-bond donors (Lipinski definition) is 2. The minimum Gasteiger partial charge on any atom is -0.494 e. The molecule has 2 unspecified atom stereocenters. The number of fused-ring (bicyclic) bond motifs is 5. The molecular formula is C18H13F3N2O3. The third kappa shape index (κ3) is 1.89. The molecule has 2 aliphatic heterocycles. The first-order valence-electron chi connectivity index (χ1n) is 7.72. The van der Waals surface area contributed by atoms with Crippen molar-refractivity contribution in [1.82, 2.24) is 4.57 Å². The molecule has 2 bridgehead atoms. The molecule has 0 saturated heterocycles. The molecule has 26 heavy (non-hydrogen) atoms. The van der Waals surface area contributed by atoms with E-state index in [2.05, 4.69) is 0 Å². The summed E-state index contributed by atoms with van der Waals surface area (Å²) >= 11 is 0. The molecule has 8 heteroatoms. The lowest BCUT2D eigenvalue weighted by Crippen LogP contribution is -2.19. The van der Waals surface area contributed by atoms with Gasteiger partial charge in [0.2, 0.25) is 11.8 Å². The van der Waals surface area contributed by atoms with Crippen LogP contribution in [0.4, 0.5) is 13.2 Å². The molecule has 4 rings (SSSR count). The highest BCUT2D eigenvalue weighted by atomic mass is 19.4. The molecule has 1 aromatic heterocycles. The number of ether oxygens (including phenoxy) is 1. The molecule has 134 valence electrons. The molecule has 0 saturated carbocycles. The van der Waals surface area contributed by atoms with Gasteiger partial charge < -0.3 is 14.9 Å². The van der Waals surface area contributed by atoms with Crippen molar-refractivity contribution in [3.8, 4) is 23.5 Å². The van der Waals surface area contributed by atoms with Crippen molar-refractivity contribution < 1.29 is 28.1 Å². The van der Waals surface area contributed by atoms with Crippen LogP contribution in [0.3, 0.4) is 0 Å². The minimum atomic E-state index is -4.75. The Morgan fingerprint density at radius 2 is 1.62 bits per heavy atom. The molecule has 0 aliphatic carbocycles. The lowest BCUT2D eigenvalue weighted by atomic mass is 9.86. The number of hydrogen-bond acceptors (Lipinski definition) is 4. The van der Waals surface area contributed by atoms with Crippen LogP contribution in [0.15, 0.2) is 30.4 Å². The van der Waals surface area contributed by atoms with Crippen molar-refractivity contribution >= 4 is 0 Å². The molecule has 5 nitrogen and oxygen atoms in total. The summed E-state index contributed by atoms with van der Waals surface area (Å²) in [5.74, 6) is -0.795. The molecule has 2 aromatic rings. The highest BCUT2D eigenvalue weighted by molar-refractivity contribution is 5.64. The molecule has 2 aliphatic rings.